The summed E-state index contributed by atoms with van der Waals surface area (Å²) < 4.78 is 0. The molecule has 0 heterocycles. The van der Waals surface area contributed by atoms with Crippen LogP contribution in [0.25, 0.3) is 0 Å². The van der Waals surface area contributed by atoms with Crippen LogP contribution in [0.3, 0.4) is 0 Å². The Bertz CT molecular complexity index is 472. The smallest absolute Gasteiger partial charge is 0.387 e. The van der Waals surface area contributed by atoms with E-state index in [-0.39, 0.29) is 5.92 Å². The summed E-state index contributed by atoms with van der Waals surface area (Å²) in [6.45, 7) is 3.64. The second kappa shape index (κ2) is 4.77. The van der Waals surface area contributed by atoms with Crippen LogP contribution >= 0.6 is 0 Å². The zero-order valence-corrected chi connectivity index (χ0v) is 9.41. The van der Waals surface area contributed by atoms with Crippen LogP contribution in [0.1, 0.15) is 31.7 Å². The van der Waals surface area contributed by atoms with E-state index in [1.54, 1.807) is 6.92 Å². The lowest BCUT2D eigenvalue weighted by molar-refractivity contribution is -0.423. The first kappa shape index (κ1) is 12.9. The molecule has 0 aliphatic heterocycles. The van der Waals surface area contributed by atoms with E-state index < -0.39 is 27.0 Å². The van der Waals surface area contributed by atoms with Gasteiger partial charge in [0.1, 0.15) is 0 Å². The Morgan fingerprint density at radius 2 is 1.88 bits per heavy atom. The van der Waals surface area contributed by atoms with Crippen molar-refractivity contribution < 1.29 is 15.0 Å². The van der Waals surface area contributed by atoms with Crippen molar-refractivity contribution >= 4 is 11.4 Å². The van der Waals surface area contributed by atoms with Gasteiger partial charge in [-0.1, -0.05) is 13.8 Å². The molecule has 0 fully saturated rings. The van der Waals surface area contributed by atoms with Gasteiger partial charge in [0, 0.05) is 11.6 Å². The van der Waals surface area contributed by atoms with Gasteiger partial charge < -0.3 is 5.11 Å². The molecule has 1 aromatic carbocycles. The fourth-order valence-electron chi connectivity index (χ4n) is 1.53. The van der Waals surface area contributed by atoms with Crippen LogP contribution in [-0.4, -0.2) is 15.0 Å². The first-order chi connectivity index (χ1) is 7.90. The van der Waals surface area contributed by atoms with Crippen LogP contribution in [-0.2, 0) is 0 Å². The van der Waals surface area contributed by atoms with Crippen molar-refractivity contribution in [1.29, 1.82) is 0 Å². The maximum Gasteiger partial charge on any atom is 0.387 e. The highest BCUT2D eigenvalue weighted by atomic mass is 16.6. The van der Waals surface area contributed by atoms with E-state index in [9.17, 15) is 25.3 Å². The Labute approximate surface area is 97.0 Å². The van der Waals surface area contributed by atoms with Crippen LogP contribution in [0, 0.1) is 20.2 Å². The number of rotatable bonds is 4. The van der Waals surface area contributed by atoms with Crippen LogP contribution in [0.4, 0.5) is 11.4 Å². The average Bonchev–Trinajstić information content (AvgIpc) is 2.26. The van der Waals surface area contributed by atoms with E-state index in [1.165, 1.54) is 6.07 Å². The Kier molecular flexibility index (Phi) is 3.62. The molecule has 1 rings (SSSR count). The van der Waals surface area contributed by atoms with Crippen molar-refractivity contribution in [2.45, 2.75) is 26.2 Å². The van der Waals surface area contributed by atoms with E-state index >= 15 is 0 Å². The molecule has 0 radical (unpaired) electrons. The number of hydrogen-bond donors (Lipinski definition) is 1. The second-order valence-corrected chi connectivity index (χ2v) is 3.69. The van der Waals surface area contributed by atoms with Crippen molar-refractivity contribution in [2.75, 3.05) is 0 Å². The number of nitro benzene ring substituents is 2. The summed E-state index contributed by atoms with van der Waals surface area (Å²) in [6.07, 6.45) is 0.669. The van der Waals surface area contributed by atoms with E-state index in [2.05, 4.69) is 0 Å². The minimum absolute atomic E-state index is 0.102. The number of hydrogen-bond acceptors (Lipinski definition) is 5. The topological polar surface area (TPSA) is 107 Å². The lowest BCUT2D eigenvalue weighted by Gasteiger charge is -2.10. The summed E-state index contributed by atoms with van der Waals surface area (Å²) in [5.74, 6) is -0.715. The molecule has 17 heavy (non-hydrogen) atoms. The van der Waals surface area contributed by atoms with Crippen molar-refractivity contribution in [1.82, 2.24) is 0 Å². The molecule has 1 atom stereocenters. The van der Waals surface area contributed by atoms with Crippen LogP contribution < -0.4 is 0 Å². The Hall–Kier alpha value is -2.18. The second-order valence-electron chi connectivity index (χ2n) is 3.69. The molecule has 0 aliphatic rings. The molecule has 0 aliphatic carbocycles. The lowest BCUT2D eigenvalue weighted by atomic mass is 9.96. The van der Waals surface area contributed by atoms with Gasteiger partial charge in [0.15, 0.2) is 0 Å². The van der Waals surface area contributed by atoms with Gasteiger partial charge in [-0.15, -0.1) is 0 Å². The quantitative estimate of drug-likeness (QED) is 0.643. The Morgan fingerprint density at radius 3 is 2.29 bits per heavy atom. The summed E-state index contributed by atoms with van der Waals surface area (Å²) in [7, 11) is 0. The van der Waals surface area contributed by atoms with Gasteiger partial charge >= 0.3 is 11.4 Å². The predicted octanol–water partition coefficient (Wildman–Crippen LogP) is 2.72. The van der Waals surface area contributed by atoms with Crippen molar-refractivity contribution in [3.63, 3.8) is 0 Å². The molecule has 0 aromatic heterocycles. The summed E-state index contributed by atoms with van der Waals surface area (Å²) in [5, 5.41) is 31.1. The minimum atomic E-state index is -0.931. The molecule has 92 valence electrons. The third-order valence-corrected chi connectivity index (χ3v) is 2.68. The normalized spacial score (nSPS) is 12.1. The number of nitrogens with zero attached hydrogens (tertiary/aromatic N) is 2. The van der Waals surface area contributed by atoms with Crippen molar-refractivity contribution in [2.24, 2.45) is 0 Å². The summed E-state index contributed by atoms with van der Waals surface area (Å²) in [6, 6.07) is 2.41. The maximum absolute atomic E-state index is 10.8. The van der Waals surface area contributed by atoms with Crippen LogP contribution in [0.2, 0.25) is 0 Å². The third-order valence-electron chi connectivity index (χ3n) is 2.68. The lowest BCUT2D eigenvalue weighted by Crippen LogP contribution is -2.00. The fourth-order valence-corrected chi connectivity index (χ4v) is 1.53. The molecule has 0 saturated heterocycles. The number of aromatic hydroxyl groups is 1. The molecule has 0 bridgehead atoms. The summed E-state index contributed by atoms with van der Waals surface area (Å²) >= 11 is 0. The van der Waals surface area contributed by atoms with Gasteiger partial charge in [-0.2, -0.15) is 0 Å². The highest BCUT2D eigenvalue weighted by Gasteiger charge is 2.31. The fraction of sp³-hybridized carbons (Fsp3) is 0.400. The number of phenolic OH excluding ortho intramolecular Hbond substituents is 1. The van der Waals surface area contributed by atoms with E-state index in [4.69, 9.17) is 0 Å². The Balaban J connectivity index is 3.49. The third kappa shape index (κ3) is 2.32. The first-order valence-electron chi connectivity index (χ1n) is 5.04. The summed E-state index contributed by atoms with van der Waals surface area (Å²) in [4.78, 5) is 19.6. The molecule has 0 amide bonds. The highest BCUT2D eigenvalue weighted by Crippen LogP contribution is 2.41. The van der Waals surface area contributed by atoms with E-state index in [0.29, 0.717) is 12.0 Å². The van der Waals surface area contributed by atoms with Gasteiger partial charge in [-0.05, 0) is 18.4 Å². The molecule has 0 spiro atoms. The molecule has 0 saturated carbocycles. The predicted molar refractivity (Wildman–Crippen MR) is 60.1 cm³/mol. The van der Waals surface area contributed by atoms with Crippen molar-refractivity contribution in [3.8, 4) is 5.75 Å². The standard InChI is InChI=1S/C10H12N2O5/c1-3-6(2)7-4-5-8(11(14)15)9(10(7)13)12(16)17/h4-6,13H,3H2,1-2H3. The monoisotopic (exact) mass is 240 g/mol. The molecule has 1 aromatic rings. The van der Waals surface area contributed by atoms with Crippen LogP contribution in [0.15, 0.2) is 12.1 Å². The van der Waals surface area contributed by atoms with Gasteiger partial charge in [0.25, 0.3) is 0 Å². The Morgan fingerprint density at radius 1 is 1.29 bits per heavy atom. The first-order valence-corrected chi connectivity index (χ1v) is 5.04. The molecule has 1 N–H and O–H groups in total. The number of phenols is 1. The SMILES string of the molecule is CCC(C)c1ccc([N+](=O)[O-])c([N+](=O)[O-])c1O. The van der Waals surface area contributed by atoms with E-state index in [0.717, 1.165) is 6.07 Å². The van der Waals surface area contributed by atoms with E-state index in [1.807, 2.05) is 6.92 Å². The van der Waals surface area contributed by atoms with Crippen molar-refractivity contribution in [3.05, 3.63) is 37.9 Å². The minimum Gasteiger partial charge on any atom is -0.502 e. The average molecular weight is 240 g/mol. The molecule has 7 heteroatoms. The number of nitro groups is 2. The molecular formula is C10H12N2O5. The largest absolute Gasteiger partial charge is 0.502 e. The van der Waals surface area contributed by atoms with Gasteiger partial charge in [-0.25, -0.2) is 0 Å². The maximum atomic E-state index is 10.8. The van der Waals surface area contributed by atoms with Gasteiger partial charge in [0.2, 0.25) is 5.75 Å². The zero-order chi connectivity index (χ0) is 13.2. The molecular weight excluding hydrogens is 228 g/mol. The molecule has 7 nitrogen and oxygen atoms in total. The van der Waals surface area contributed by atoms with Gasteiger partial charge in [-0.3, -0.25) is 20.2 Å². The van der Waals surface area contributed by atoms with Crippen LogP contribution in [0.5, 0.6) is 5.75 Å². The zero-order valence-electron chi connectivity index (χ0n) is 9.41. The van der Waals surface area contributed by atoms with Gasteiger partial charge in [0.05, 0.1) is 9.85 Å². The highest BCUT2D eigenvalue weighted by molar-refractivity contribution is 5.64. The summed E-state index contributed by atoms with van der Waals surface area (Å²) in [5.41, 5.74) is -1.18. The number of benzene rings is 1. The molecule has 1 unspecified atom stereocenters.